The van der Waals surface area contributed by atoms with Gasteiger partial charge < -0.3 is 5.11 Å². The summed E-state index contributed by atoms with van der Waals surface area (Å²) >= 11 is 0. The molecule has 0 rings (SSSR count). The SMILES string of the molecule is CN(C)S(=O)(=O)CCNS(=O)(=O)CC(=O)O. The van der Waals surface area contributed by atoms with E-state index in [9.17, 15) is 21.6 Å². The molecule has 0 amide bonds. The number of hydrogen-bond donors (Lipinski definition) is 2. The lowest BCUT2D eigenvalue weighted by atomic mass is 10.8. The van der Waals surface area contributed by atoms with Gasteiger partial charge in [-0.15, -0.1) is 0 Å². The van der Waals surface area contributed by atoms with Crippen LogP contribution in [0.5, 0.6) is 0 Å². The van der Waals surface area contributed by atoms with E-state index < -0.39 is 37.5 Å². The van der Waals surface area contributed by atoms with Crippen LogP contribution >= 0.6 is 0 Å². The van der Waals surface area contributed by atoms with Crippen molar-refractivity contribution in [2.75, 3.05) is 32.1 Å². The van der Waals surface area contributed by atoms with Crippen LogP contribution in [0.15, 0.2) is 0 Å². The molecule has 0 aromatic heterocycles. The van der Waals surface area contributed by atoms with E-state index in [4.69, 9.17) is 5.11 Å². The van der Waals surface area contributed by atoms with Crippen LogP contribution in [0.2, 0.25) is 0 Å². The third kappa shape index (κ3) is 6.00. The lowest BCUT2D eigenvalue weighted by Crippen LogP contribution is -2.36. The molecular weight excluding hydrogens is 260 g/mol. The summed E-state index contributed by atoms with van der Waals surface area (Å²) in [6, 6.07) is 0. The van der Waals surface area contributed by atoms with E-state index in [1.807, 2.05) is 4.72 Å². The summed E-state index contributed by atoms with van der Waals surface area (Å²) in [4.78, 5) is 10.1. The highest BCUT2D eigenvalue weighted by Gasteiger charge is 2.18. The maximum atomic E-state index is 11.2. The molecule has 16 heavy (non-hydrogen) atoms. The molecule has 0 fully saturated rings. The summed E-state index contributed by atoms with van der Waals surface area (Å²) in [5, 5.41) is 8.25. The van der Waals surface area contributed by atoms with Crippen molar-refractivity contribution >= 4 is 26.0 Å². The van der Waals surface area contributed by atoms with Crippen LogP contribution in [-0.2, 0) is 24.8 Å². The molecule has 0 aliphatic carbocycles. The zero-order chi connectivity index (χ0) is 13.0. The summed E-state index contributed by atoms with van der Waals surface area (Å²) < 4.78 is 47.3. The van der Waals surface area contributed by atoms with Crippen molar-refractivity contribution in [3.05, 3.63) is 0 Å². The van der Waals surface area contributed by atoms with E-state index >= 15 is 0 Å². The maximum Gasteiger partial charge on any atom is 0.320 e. The maximum absolute atomic E-state index is 11.2. The summed E-state index contributed by atoms with van der Waals surface area (Å²) in [7, 11) is -4.81. The Labute approximate surface area is 94.4 Å². The molecule has 2 N–H and O–H groups in total. The van der Waals surface area contributed by atoms with Crippen molar-refractivity contribution in [3.8, 4) is 0 Å². The largest absolute Gasteiger partial charge is 0.480 e. The fourth-order valence-electron chi connectivity index (χ4n) is 0.722. The standard InChI is InChI=1S/C6H14N2O6S2/c1-8(2)16(13,14)4-3-7-15(11,12)5-6(9)10/h7H,3-5H2,1-2H3,(H,9,10). The Morgan fingerprint density at radius 3 is 2.12 bits per heavy atom. The van der Waals surface area contributed by atoms with Crippen LogP contribution in [0, 0.1) is 0 Å². The number of rotatable bonds is 7. The Bertz CT molecular complexity index is 438. The Morgan fingerprint density at radius 1 is 1.25 bits per heavy atom. The number of nitrogens with one attached hydrogen (secondary N) is 1. The van der Waals surface area contributed by atoms with Crippen LogP contribution in [0.1, 0.15) is 0 Å². The average molecular weight is 274 g/mol. The van der Waals surface area contributed by atoms with Crippen LogP contribution < -0.4 is 4.72 Å². The number of carboxylic acid groups (broad SMARTS) is 1. The van der Waals surface area contributed by atoms with E-state index in [0.717, 1.165) is 4.31 Å². The monoisotopic (exact) mass is 274 g/mol. The number of hydrogen-bond acceptors (Lipinski definition) is 5. The van der Waals surface area contributed by atoms with Crippen molar-refractivity contribution in [1.82, 2.24) is 9.03 Å². The van der Waals surface area contributed by atoms with Crippen LogP contribution in [-0.4, -0.2) is 64.4 Å². The molecule has 0 saturated carbocycles. The molecular formula is C6H14N2O6S2. The van der Waals surface area contributed by atoms with Crippen molar-refractivity contribution in [1.29, 1.82) is 0 Å². The molecule has 0 bridgehead atoms. The first-order valence-electron chi connectivity index (χ1n) is 4.16. The van der Waals surface area contributed by atoms with Gasteiger partial charge >= 0.3 is 5.97 Å². The average Bonchev–Trinajstić information content (AvgIpc) is 1.99. The highest BCUT2D eigenvalue weighted by atomic mass is 32.2. The second-order valence-corrected chi connectivity index (χ2v) is 7.25. The summed E-state index contributed by atoms with van der Waals surface area (Å²) in [6.07, 6.45) is 0. The van der Waals surface area contributed by atoms with Gasteiger partial charge in [0.25, 0.3) is 0 Å². The second kappa shape index (κ2) is 5.57. The molecule has 0 unspecified atom stereocenters. The number of nitrogens with zero attached hydrogens (tertiary/aromatic N) is 1. The van der Waals surface area contributed by atoms with Gasteiger partial charge in [-0.1, -0.05) is 0 Å². The van der Waals surface area contributed by atoms with Crippen molar-refractivity contribution < 1.29 is 26.7 Å². The molecule has 0 aliphatic heterocycles. The third-order valence-corrected chi connectivity index (χ3v) is 4.66. The molecule has 0 atom stereocenters. The molecule has 0 aliphatic rings. The lowest BCUT2D eigenvalue weighted by molar-refractivity contribution is -0.134. The Morgan fingerprint density at radius 2 is 1.75 bits per heavy atom. The summed E-state index contributed by atoms with van der Waals surface area (Å²) in [6.45, 7) is -0.351. The fourth-order valence-corrected chi connectivity index (χ4v) is 2.42. The van der Waals surface area contributed by atoms with Crippen LogP contribution in [0.25, 0.3) is 0 Å². The van der Waals surface area contributed by atoms with Gasteiger partial charge in [-0.3, -0.25) is 4.79 Å². The molecule has 10 heteroatoms. The number of aliphatic carboxylic acids is 1. The second-order valence-electron chi connectivity index (χ2n) is 3.15. The van der Waals surface area contributed by atoms with E-state index in [1.165, 1.54) is 14.1 Å². The summed E-state index contributed by atoms with van der Waals surface area (Å²) in [5.41, 5.74) is 0. The van der Waals surface area contributed by atoms with Gasteiger partial charge in [0.15, 0.2) is 5.75 Å². The smallest absolute Gasteiger partial charge is 0.320 e. The van der Waals surface area contributed by atoms with Gasteiger partial charge in [0, 0.05) is 20.6 Å². The topological polar surface area (TPSA) is 121 Å². The van der Waals surface area contributed by atoms with Crippen molar-refractivity contribution in [2.24, 2.45) is 0 Å². The molecule has 0 spiro atoms. The van der Waals surface area contributed by atoms with Gasteiger partial charge in [0.1, 0.15) is 0 Å². The molecule has 0 aromatic carbocycles. The van der Waals surface area contributed by atoms with Gasteiger partial charge in [0.05, 0.1) is 5.75 Å². The first-order valence-corrected chi connectivity index (χ1v) is 7.42. The molecule has 0 radical (unpaired) electrons. The van der Waals surface area contributed by atoms with Gasteiger partial charge in [-0.2, -0.15) is 0 Å². The number of carbonyl (C=O) groups is 1. The fraction of sp³-hybridized carbons (Fsp3) is 0.833. The van der Waals surface area contributed by atoms with E-state index in [2.05, 4.69) is 0 Å². The highest BCUT2D eigenvalue weighted by molar-refractivity contribution is 7.90. The summed E-state index contributed by atoms with van der Waals surface area (Å²) in [5.74, 6) is -2.99. The predicted octanol–water partition coefficient (Wildman–Crippen LogP) is -2.12. The quantitative estimate of drug-likeness (QED) is 0.547. The molecule has 0 saturated heterocycles. The van der Waals surface area contributed by atoms with E-state index in [0.29, 0.717) is 0 Å². The normalized spacial score (nSPS) is 12.9. The minimum absolute atomic E-state index is 0.351. The third-order valence-electron chi connectivity index (χ3n) is 1.55. The van der Waals surface area contributed by atoms with E-state index in [-0.39, 0.29) is 6.54 Å². The van der Waals surface area contributed by atoms with Crippen LogP contribution in [0.4, 0.5) is 0 Å². The number of carboxylic acids is 1. The minimum atomic E-state index is -3.96. The molecule has 0 heterocycles. The van der Waals surface area contributed by atoms with Crippen molar-refractivity contribution in [2.45, 2.75) is 0 Å². The first-order chi connectivity index (χ1) is 7.07. The molecule has 96 valence electrons. The molecule has 8 nitrogen and oxygen atoms in total. The zero-order valence-electron chi connectivity index (χ0n) is 8.87. The Hall–Kier alpha value is -0.710. The highest BCUT2D eigenvalue weighted by Crippen LogP contribution is 1.93. The van der Waals surface area contributed by atoms with Crippen LogP contribution in [0.3, 0.4) is 0 Å². The van der Waals surface area contributed by atoms with Gasteiger partial charge in [-0.25, -0.2) is 25.9 Å². The Kier molecular flexibility index (Phi) is 5.32. The van der Waals surface area contributed by atoms with E-state index in [1.54, 1.807) is 0 Å². The Balaban J connectivity index is 4.25. The number of sulfonamides is 2. The lowest BCUT2D eigenvalue weighted by Gasteiger charge is -2.11. The van der Waals surface area contributed by atoms with Crippen molar-refractivity contribution in [3.63, 3.8) is 0 Å². The minimum Gasteiger partial charge on any atom is -0.480 e. The first kappa shape index (κ1) is 15.3. The predicted molar refractivity (Wildman–Crippen MR) is 56.9 cm³/mol. The molecule has 0 aromatic rings. The zero-order valence-corrected chi connectivity index (χ0v) is 10.5. The van der Waals surface area contributed by atoms with Gasteiger partial charge in [0.2, 0.25) is 20.0 Å². The van der Waals surface area contributed by atoms with Gasteiger partial charge in [-0.05, 0) is 0 Å².